The molecule has 0 unspecified atom stereocenters. The van der Waals surface area contributed by atoms with Gasteiger partial charge in [-0.1, -0.05) is 0 Å². The number of nitrogens with zero attached hydrogens (tertiary/aromatic N) is 2. The predicted molar refractivity (Wildman–Crippen MR) is 69.5 cm³/mol. The van der Waals surface area contributed by atoms with Crippen molar-refractivity contribution in [2.45, 2.75) is 18.0 Å². The Kier molecular flexibility index (Phi) is 3.81. The van der Waals surface area contributed by atoms with Gasteiger partial charge in [-0.3, -0.25) is 0 Å². The van der Waals surface area contributed by atoms with Gasteiger partial charge in [-0.25, -0.2) is 13.4 Å². The molecule has 0 aliphatic carbocycles. The lowest BCUT2D eigenvalue weighted by atomic mass is 10.4. The highest BCUT2D eigenvalue weighted by atomic mass is 32.2. The van der Waals surface area contributed by atoms with E-state index in [0.717, 1.165) is 5.69 Å². The van der Waals surface area contributed by atoms with Crippen LogP contribution in [0.25, 0.3) is 0 Å². The first-order valence-electron chi connectivity index (χ1n) is 5.25. The van der Waals surface area contributed by atoms with E-state index in [1.165, 1.54) is 28.9 Å². The van der Waals surface area contributed by atoms with Crippen LogP contribution in [0, 0.1) is 0 Å². The summed E-state index contributed by atoms with van der Waals surface area (Å²) < 4.78 is 25.7. The number of aromatic amines is 1. The fourth-order valence-electron chi connectivity index (χ4n) is 1.49. The number of nitrogens with two attached hydrogens (primary N) is 1. The van der Waals surface area contributed by atoms with E-state index in [1.54, 1.807) is 11.6 Å². The second-order valence-electron chi connectivity index (χ2n) is 3.81. The van der Waals surface area contributed by atoms with Gasteiger partial charge >= 0.3 is 0 Å². The Morgan fingerprint density at radius 2 is 2.33 bits per heavy atom. The molecule has 2 heterocycles. The van der Waals surface area contributed by atoms with Crippen molar-refractivity contribution in [1.29, 1.82) is 0 Å². The van der Waals surface area contributed by atoms with Crippen molar-refractivity contribution in [2.75, 3.05) is 7.05 Å². The molecule has 98 valence electrons. The Bertz CT molecular complexity index is 604. The molecule has 3 N–H and O–H groups in total. The van der Waals surface area contributed by atoms with Crippen molar-refractivity contribution >= 4 is 21.4 Å². The highest BCUT2D eigenvalue weighted by molar-refractivity contribution is 7.89. The quantitative estimate of drug-likeness (QED) is 0.848. The zero-order valence-corrected chi connectivity index (χ0v) is 11.5. The van der Waals surface area contributed by atoms with E-state index < -0.39 is 10.0 Å². The summed E-state index contributed by atoms with van der Waals surface area (Å²) in [5.74, 6) is 0. The minimum atomic E-state index is -3.49. The predicted octanol–water partition coefficient (Wildman–Crippen LogP) is 0.751. The van der Waals surface area contributed by atoms with Gasteiger partial charge in [-0.15, -0.1) is 11.3 Å². The molecule has 0 aliphatic rings. The zero-order valence-electron chi connectivity index (χ0n) is 9.83. The first-order chi connectivity index (χ1) is 8.54. The second-order valence-corrected chi connectivity index (χ2v) is 6.57. The molecule has 0 fully saturated rings. The SMILES string of the molecule is CN(Cc1cscn1)S(=O)(=O)c1c[nH]c(CN)c1. The molecular weight excluding hydrogens is 272 g/mol. The van der Waals surface area contributed by atoms with Crippen LogP contribution in [0.5, 0.6) is 0 Å². The van der Waals surface area contributed by atoms with E-state index in [9.17, 15) is 8.42 Å². The lowest BCUT2D eigenvalue weighted by Gasteiger charge is -2.14. The molecule has 6 nitrogen and oxygen atoms in total. The number of hydrogen-bond acceptors (Lipinski definition) is 5. The van der Waals surface area contributed by atoms with E-state index in [2.05, 4.69) is 9.97 Å². The molecule has 0 amide bonds. The third kappa shape index (κ3) is 2.61. The first kappa shape index (κ1) is 13.2. The van der Waals surface area contributed by atoms with Gasteiger partial charge in [0, 0.05) is 30.9 Å². The minimum Gasteiger partial charge on any atom is -0.363 e. The molecule has 0 radical (unpaired) electrons. The molecule has 0 atom stereocenters. The molecule has 2 aromatic heterocycles. The van der Waals surface area contributed by atoms with Crippen LogP contribution in [-0.2, 0) is 23.1 Å². The second kappa shape index (κ2) is 5.19. The van der Waals surface area contributed by atoms with E-state index in [4.69, 9.17) is 5.73 Å². The first-order valence-corrected chi connectivity index (χ1v) is 7.63. The van der Waals surface area contributed by atoms with Crippen molar-refractivity contribution < 1.29 is 8.42 Å². The van der Waals surface area contributed by atoms with Gasteiger partial charge in [0.1, 0.15) is 0 Å². The topological polar surface area (TPSA) is 92.1 Å². The minimum absolute atomic E-state index is 0.223. The van der Waals surface area contributed by atoms with Gasteiger partial charge in [0.05, 0.1) is 22.6 Å². The number of hydrogen-bond donors (Lipinski definition) is 2. The molecule has 2 aromatic rings. The molecule has 0 saturated carbocycles. The lowest BCUT2D eigenvalue weighted by molar-refractivity contribution is 0.463. The molecule has 8 heteroatoms. The summed E-state index contributed by atoms with van der Waals surface area (Å²) in [7, 11) is -1.96. The van der Waals surface area contributed by atoms with Gasteiger partial charge in [0.25, 0.3) is 0 Å². The van der Waals surface area contributed by atoms with E-state index >= 15 is 0 Å². The van der Waals surface area contributed by atoms with Gasteiger partial charge in [-0.05, 0) is 6.07 Å². The largest absolute Gasteiger partial charge is 0.363 e. The van der Waals surface area contributed by atoms with Crippen LogP contribution < -0.4 is 5.73 Å². The summed E-state index contributed by atoms with van der Waals surface area (Å²) in [6.07, 6.45) is 1.45. The summed E-state index contributed by atoms with van der Waals surface area (Å²) in [6.45, 7) is 0.542. The van der Waals surface area contributed by atoms with Crippen molar-refractivity contribution in [3.63, 3.8) is 0 Å². The molecule has 0 bridgehead atoms. The van der Waals surface area contributed by atoms with Crippen molar-refractivity contribution in [1.82, 2.24) is 14.3 Å². The van der Waals surface area contributed by atoms with Gasteiger partial charge in [-0.2, -0.15) is 4.31 Å². The lowest BCUT2D eigenvalue weighted by Crippen LogP contribution is -2.26. The third-order valence-corrected chi connectivity index (χ3v) is 4.93. The zero-order chi connectivity index (χ0) is 13.2. The van der Waals surface area contributed by atoms with Gasteiger partial charge in [0.2, 0.25) is 10.0 Å². The fourth-order valence-corrected chi connectivity index (χ4v) is 3.21. The number of aromatic nitrogens is 2. The van der Waals surface area contributed by atoms with E-state index in [-0.39, 0.29) is 18.0 Å². The molecule has 2 rings (SSSR count). The van der Waals surface area contributed by atoms with Crippen molar-refractivity contribution in [3.05, 3.63) is 34.5 Å². The molecular formula is C10H14N4O2S2. The summed E-state index contributed by atoms with van der Waals surface area (Å²) in [4.78, 5) is 7.12. The molecule has 0 aliphatic heterocycles. The maximum atomic E-state index is 12.2. The average molecular weight is 286 g/mol. The monoisotopic (exact) mass is 286 g/mol. The average Bonchev–Trinajstić information content (AvgIpc) is 2.99. The normalized spacial score (nSPS) is 12.2. The Hall–Kier alpha value is -1.22. The number of H-pyrrole nitrogens is 1. The number of rotatable bonds is 5. The maximum absolute atomic E-state index is 12.2. The summed E-state index contributed by atoms with van der Waals surface area (Å²) in [5.41, 5.74) is 8.55. The van der Waals surface area contributed by atoms with E-state index in [0.29, 0.717) is 5.69 Å². The number of nitrogens with one attached hydrogen (secondary N) is 1. The van der Waals surface area contributed by atoms with Gasteiger partial charge in [0.15, 0.2) is 0 Å². The van der Waals surface area contributed by atoms with Gasteiger partial charge < -0.3 is 10.7 Å². The molecule has 0 saturated heterocycles. The molecule has 0 aromatic carbocycles. The summed E-state index contributed by atoms with van der Waals surface area (Å²) in [6, 6.07) is 1.55. The van der Waals surface area contributed by atoms with Crippen LogP contribution >= 0.6 is 11.3 Å². The van der Waals surface area contributed by atoms with Crippen LogP contribution in [0.15, 0.2) is 28.0 Å². The van der Waals surface area contributed by atoms with Crippen LogP contribution in [0.1, 0.15) is 11.4 Å². The summed E-state index contributed by atoms with van der Waals surface area (Å²) in [5, 5.41) is 1.83. The van der Waals surface area contributed by atoms with Crippen LogP contribution in [0.4, 0.5) is 0 Å². The fraction of sp³-hybridized carbons (Fsp3) is 0.300. The smallest absolute Gasteiger partial charge is 0.244 e. The molecule has 0 spiro atoms. The van der Waals surface area contributed by atoms with Crippen LogP contribution in [0.2, 0.25) is 0 Å². The number of sulfonamides is 1. The highest BCUT2D eigenvalue weighted by Gasteiger charge is 2.22. The Balaban J connectivity index is 2.19. The standard InChI is InChI=1S/C10H14N4O2S2/c1-14(5-9-6-17-7-13-9)18(15,16)10-2-8(3-11)12-4-10/h2,4,6-7,12H,3,5,11H2,1H3. The Labute approximate surface area is 110 Å². The third-order valence-electron chi connectivity index (χ3n) is 2.51. The number of thiazole rings is 1. The Morgan fingerprint density at radius 3 is 2.89 bits per heavy atom. The van der Waals surface area contributed by atoms with Crippen molar-refractivity contribution in [3.8, 4) is 0 Å². The van der Waals surface area contributed by atoms with Crippen LogP contribution in [0.3, 0.4) is 0 Å². The highest BCUT2D eigenvalue weighted by Crippen LogP contribution is 2.17. The van der Waals surface area contributed by atoms with Crippen molar-refractivity contribution in [2.24, 2.45) is 5.73 Å². The van der Waals surface area contributed by atoms with E-state index in [1.807, 2.05) is 5.38 Å². The Morgan fingerprint density at radius 1 is 1.56 bits per heavy atom. The summed E-state index contributed by atoms with van der Waals surface area (Å²) >= 11 is 1.44. The molecule has 18 heavy (non-hydrogen) atoms. The van der Waals surface area contributed by atoms with Crippen LogP contribution in [-0.4, -0.2) is 29.7 Å². The maximum Gasteiger partial charge on any atom is 0.244 e.